The van der Waals surface area contributed by atoms with E-state index in [1.807, 2.05) is 67.6 Å². The van der Waals surface area contributed by atoms with Crippen LogP contribution in [0.15, 0.2) is 30.3 Å². The summed E-state index contributed by atoms with van der Waals surface area (Å²) in [6.45, 7) is 9.69. The lowest BCUT2D eigenvalue weighted by molar-refractivity contribution is -0.118. The van der Waals surface area contributed by atoms with Crippen molar-refractivity contribution >= 4 is 17.8 Å². The summed E-state index contributed by atoms with van der Waals surface area (Å²) in [4.78, 5) is 26.0. The highest BCUT2D eigenvalue weighted by Gasteiger charge is 2.30. The third-order valence-electron chi connectivity index (χ3n) is 4.76. The molecule has 0 fully saturated rings. The SMILES string of the molecule is CCN1C(=O)CCc2c(CNCCNC(=O)OC(C)(C)C)nn(-c3ccccc3)c21. The van der Waals surface area contributed by atoms with E-state index in [0.717, 1.165) is 22.8 Å². The molecule has 2 N–H and O–H groups in total. The fraction of sp³-hybridized carbons (Fsp3) is 0.500. The molecular weight excluding hydrogens is 382 g/mol. The van der Waals surface area contributed by atoms with Gasteiger partial charge in [0.1, 0.15) is 11.4 Å². The number of amides is 2. The Hall–Kier alpha value is -2.87. The number of anilines is 1. The monoisotopic (exact) mass is 413 g/mol. The summed E-state index contributed by atoms with van der Waals surface area (Å²) < 4.78 is 7.10. The fourth-order valence-electron chi connectivity index (χ4n) is 3.49. The number of hydrogen-bond donors (Lipinski definition) is 2. The third-order valence-corrected chi connectivity index (χ3v) is 4.76. The van der Waals surface area contributed by atoms with Gasteiger partial charge in [0, 0.05) is 38.2 Å². The number of aromatic nitrogens is 2. The van der Waals surface area contributed by atoms with Crippen molar-refractivity contribution in [3.63, 3.8) is 0 Å². The third kappa shape index (κ3) is 5.18. The second-order valence-corrected chi connectivity index (χ2v) is 8.24. The molecule has 1 aliphatic rings. The molecule has 1 aliphatic heterocycles. The second kappa shape index (κ2) is 9.30. The van der Waals surface area contributed by atoms with Crippen molar-refractivity contribution in [2.45, 2.75) is 52.7 Å². The first-order valence-corrected chi connectivity index (χ1v) is 10.4. The van der Waals surface area contributed by atoms with Crippen LogP contribution in [0.1, 0.15) is 45.4 Å². The molecule has 0 radical (unpaired) electrons. The Bertz CT molecular complexity index is 886. The normalized spacial score (nSPS) is 13.9. The first-order chi connectivity index (χ1) is 14.3. The summed E-state index contributed by atoms with van der Waals surface area (Å²) >= 11 is 0. The molecule has 2 aromatic rings. The van der Waals surface area contributed by atoms with Gasteiger partial charge >= 0.3 is 6.09 Å². The number of benzene rings is 1. The molecule has 1 aromatic heterocycles. The number of fused-ring (bicyclic) bond motifs is 1. The predicted octanol–water partition coefficient (Wildman–Crippen LogP) is 2.79. The van der Waals surface area contributed by atoms with Gasteiger partial charge in [0.05, 0.1) is 11.4 Å². The largest absolute Gasteiger partial charge is 0.444 e. The molecular formula is C22H31N5O3. The number of nitrogens with zero attached hydrogens (tertiary/aromatic N) is 3. The van der Waals surface area contributed by atoms with Crippen LogP contribution in [0.4, 0.5) is 10.6 Å². The summed E-state index contributed by atoms with van der Waals surface area (Å²) in [5.41, 5.74) is 2.45. The van der Waals surface area contributed by atoms with E-state index in [-0.39, 0.29) is 5.91 Å². The molecule has 0 unspecified atom stereocenters. The summed E-state index contributed by atoms with van der Waals surface area (Å²) in [5.74, 6) is 0.992. The lowest BCUT2D eigenvalue weighted by Gasteiger charge is -2.27. The predicted molar refractivity (Wildman–Crippen MR) is 116 cm³/mol. The number of para-hydroxylation sites is 1. The van der Waals surface area contributed by atoms with Crippen molar-refractivity contribution in [3.8, 4) is 5.69 Å². The van der Waals surface area contributed by atoms with Crippen molar-refractivity contribution in [2.24, 2.45) is 0 Å². The molecule has 0 saturated heterocycles. The van der Waals surface area contributed by atoms with E-state index in [9.17, 15) is 9.59 Å². The molecule has 0 saturated carbocycles. The Kier molecular flexibility index (Phi) is 6.77. The lowest BCUT2D eigenvalue weighted by Crippen LogP contribution is -2.37. The molecule has 0 atom stereocenters. The van der Waals surface area contributed by atoms with Crippen molar-refractivity contribution in [3.05, 3.63) is 41.6 Å². The quantitative estimate of drug-likeness (QED) is 0.682. The van der Waals surface area contributed by atoms with Crippen LogP contribution >= 0.6 is 0 Å². The minimum absolute atomic E-state index is 0.128. The Morgan fingerprint density at radius 1 is 1.17 bits per heavy atom. The molecule has 2 amide bonds. The molecule has 162 valence electrons. The number of carbonyl (C=O) groups excluding carboxylic acids is 2. The van der Waals surface area contributed by atoms with Gasteiger partial charge in [0.15, 0.2) is 0 Å². The van der Waals surface area contributed by atoms with E-state index in [4.69, 9.17) is 9.84 Å². The number of hydrogen-bond acceptors (Lipinski definition) is 5. The molecule has 0 aliphatic carbocycles. The Morgan fingerprint density at radius 2 is 1.90 bits per heavy atom. The Balaban J connectivity index is 1.69. The number of alkyl carbamates (subject to hydrolysis) is 1. The van der Waals surface area contributed by atoms with Crippen LogP contribution in [0.3, 0.4) is 0 Å². The van der Waals surface area contributed by atoms with Crippen LogP contribution in [-0.4, -0.2) is 47.0 Å². The van der Waals surface area contributed by atoms with E-state index in [1.165, 1.54) is 0 Å². The fourth-order valence-corrected chi connectivity index (χ4v) is 3.49. The summed E-state index contributed by atoms with van der Waals surface area (Å²) in [6.07, 6.45) is 0.756. The van der Waals surface area contributed by atoms with Crippen molar-refractivity contribution in [1.29, 1.82) is 0 Å². The Morgan fingerprint density at radius 3 is 2.57 bits per heavy atom. The Labute approximate surface area is 177 Å². The van der Waals surface area contributed by atoms with Crippen LogP contribution < -0.4 is 15.5 Å². The maximum Gasteiger partial charge on any atom is 0.407 e. The van der Waals surface area contributed by atoms with Crippen molar-refractivity contribution in [1.82, 2.24) is 20.4 Å². The highest BCUT2D eigenvalue weighted by atomic mass is 16.6. The molecule has 3 rings (SSSR count). The minimum atomic E-state index is -0.510. The highest BCUT2D eigenvalue weighted by molar-refractivity contribution is 5.96. The molecule has 1 aromatic carbocycles. The summed E-state index contributed by atoms with van der Waals surface area (Å²) in [5, 5.41) is 10.9. The van der Waals surface area contributed by atoms with Crippen LogP contribution in [0.5, 0.6) is 0 Å². The first kappa shape index (κ1) is 21.8. The molecule has 2 heterocycles. The molecule has 8 heteroatoms. The summed E-state index contributed by atoms with van der Waals surface area (Å²) in [6, 6.07) is 9.86. The zero-order chi connectivity index (χ0) is 21.7. The van der Waals surface area contributed by atoms with E-state index >= 15 is 0 Å². The second-order valence-electron chi connectivity index (χ2n) is 8.24. The maximum atomic E-state index is 12.5. The van der Waals surface area contributed by atoms with Gasteiger partial charge in [0.2, 0.25) is 5.91 Å². The maximum absolute atomic E-state index is 12.5. The van der Waals surface area contributed by atoms with Gasteiger partial charge in [-0.1, -0.05) is 18.2 Å². The standard InChI is InChI=1S/C22H31N5O3/c1-5-26-19(28)12-11-17-18(15-23-13-14-24-21(29)30-22(2,3)4)25-27(20(17)26)16-9-7-6-8-10-16/h6-10,23H,5,11-15H2,1-4H3,(H,24,29). The van der Waals surface area contributed by atoms with Crippen LogP contribution in [-0.2, 0) is 22.5 Å². The average molecular weight is 414 g/mol. The van der Waals surface area contributed by atoms with Crippen LogP contribution in [0.25, 0.3) is 5.69 Å². The molecule has 30 heavy (non-hydrogen) atoms. The van der Waals surface area contributed by atoms with E-state index in [1.54, 1.807) is 0 Å². The van der Waals surface area contributed by atoms with E-state index in [2.05, 4.69) is 10.6 Å². The zero-order valence-corrected chi connectivity index (χ0v) is 18.2. The van der Waals surface area contributed by atoms with Gasteiger partial charge < -0.3 is 15.4 Å². The van der Waals surface area contributed by atoms with Gasteiger partial charge in [-0.25, -0.2) is 9.48 Å². The molecule has 8 nitrogen and oxygen atoms in total. The number of carbonyl (C=O) groups is 2. The molecule has 0 bridgehead atoms. The minimum Gasteiger partial charge on any atom is -0.444 e. The van der Waals surface area contributed by atoms with Gasteiger partial charge in [-0.15, -0.1) is 0 Å². The van der Waals surface area contributed by atoms with Crippen LogP contribution in [0, 0.1) is 0 Å². The first-order valence-electron chi connectivity index (χ1n) is 10.4. The lowest BCUT2D eigenvalue weighted by atomic mass is 10.0. The summed E-state index contributed by atoms with van der Waals surface area (Å²) in [7, 11) is 0. The zero-order valence-electron chi connectivity index (χ0n) is 18.2. The average Bonchev–Trinajstić information content (AvgIpc) is 3.05. The molecule has 0 spiro atoms. The smallest absolute Gasteiger partial charge is 0.407 e. The van der Waals surface area contributed by atoms with Crippen LogP contribution in [0.2, 0.25) is 0 Å². The topological polar surface area (TPSA) is 88.5 Å². The number of ether oxygens (including phenoxy) is 1. The number of rotatable bonds is 7. The number of nitrogens with one attached hydrogen (secondary N) is 2. The van der Waals surface area contributed by atoms with Gasteiger partial charge in [0.25, 0.3) is 0 Å². The highest BCUT2D eigenvalue weighted by Crippen LogP contribution is 2.32. The van der Waals surface area contributed by atoms with Gasteiger partial charge in [-0.3, -0.25) is 9.69 Å². The van der Waals surface area contributed by atoms with Gasteiger partial charge in [-0.2, -0.15) is 5.10 Å². The van der Waals surface area contributed by atoms with Crippen molar-refractivity contribution < 1.29 is 14.3 Å². The van der Waals surface area contributed by atoms with E-state index < -0.39 is 11.7 Å². The van der Waals surface area contributed by atoms with Gasteiger partial charge in [-0.05, 0) is 46.2 Å². The van der Waals surface area contributed by atoms with E-state index in [0.29, 0.717) is 39.0 Å². The van der Waals surface area contributed by atoms with Crippen molar-refractivity contribution in [2.75, 3.05) is 24.5 Å².